The molecular formula is C23H28N2O4. The molecule has 1 aromatic carbocycles. The predicted molar refractivity (Wildman–Crippen MR) is 112 cm³/mol. The fourth-order valence-electron chi connectivity index (χ4n) is 3.76. The number of fused-ring (bicyclic) bond motifs is 1. The van der Waals surface area contributed by atoms with Gasteiger partial charge in [0.2, 0.25) is 0 Å². The maximum atomic E-state index is 13.3. The van der Waals surface area contributed by atoms with Crippen LogP contribution in [-0.4, -0.2) is 29.9 Å². The van der Waals surface area contributed by atoms with Crippen LogP contribution in [-0.2, 0) is 6.42 Å². The number of carbonyl (C=O) groups excluding carboxylic acids is 2. The van der Waals surface area contributed by atoms with Crippen LogP contribution in [0.2, 0.25) is 0 Å². The van der Waals surface area contributed by atoms with E-state index in [1.54, 1.807) is 31.4 Å². The summed E-state index contributed by atoms with van der Waals surface area (Å²) >= 11 is 0. The zero-order valence-corrected chi connectivity index (χ0v) is 17.5. The Balaban J connectivity index is 2.19. The zero-order chi connectivity index (χ0) is 21.2. The second-order valence-corrected chi connectivity index (χ2v) is 8.31. The number of ether oxygens (including phenoxy) is 1. The van der Waals surface area contributed by atoms with Gasteiger partial charge in [0.15, 0.2) is 5.78 Å². The second-order valence-electron chi connectivity index (χ2n) is 8.31. The van der Waals surface area contributed by atoms with Crippen LogP contribution in [0.25, 0.3) is 5.69 Å². The summed E-state index contributed by atoms with van der Waals surface area (Å²) in [6.45, 7) is 6.56. The van der Waals surface area contributed by atoms with E-state index >= 15 is 0 Å². The number of methoxy groups -OCH3 is 1. The Hall–Kier alpha value is -2.89. The third kappa shape index (κ3) is 4.26. The molecule has 1 heterocycles. The molecule has 0 saturated heterocycles. The molecule has 0 radical (unpaired) electrons. The lowest BCUT2D eigenvalue weighted by atomic mass is 9.75. The van der Waals surface area contributed by atoms with Crippen molar-refractivity contribution in [3.63, 3.8) is 0 Å². The first-order chi connectivity index (χ1) is 13.8. The summed E-state index contributed by atoms with van der Waals surface area (Å²) in [5.74, 6) is 0.188. The van der Waals surface area contributed by atoms with Gasteiger partial charge in [-0.2, -0.15) is 0 Å². The van der Waals surface area contributed by atoms with E-state index in [1.165, 1.54) is 10.6 Å². The molecule has 1 aliphatic rings. The van der Waals surface area contributed by atoms with E-state index in [0.29, 0.717) is 42.1 Å². The number of carbonyl (C=O) groups is 2. The monoisotopic (exact) mass is 396 g/mol. The number of benzene rings is 1. The van der Waals surface area contributed by atoms with Crippen LogP contribution >= 0.6 is 0 Å². The van der Waals surface area contributed by atoms with Crippen molar-refractivity contribution >= 4 is 11.7 Å². The number of hydrogen-bond donors (Lipinski definition) is 1. The Morgan fingerprint density at radius 3 is 2.48 bits per heavy atom. The fraction of sp³-hybridized carbons (Fsp3) is 0.435. The Morgan fingerprint density at radius 2 is 1.86 bits per heavy atom. The molecule has 1 N–H and O–H groups in total. The van der Waals surface area contributed by atoms with Gasteiger partial charge in [-0.25, -0.2) is 0 Å². The van der Waals surface area contributed by atoms with E-state index in [1.807, 2.05) is 20.8 Å². The van der Waals surface area contributed by atoms with Gasteiger partial charge in [0.25, 0.3) is 11.5 Å². The number of amides is 1. The number of nitrogens with one attached hydrogen (secondary N) is 1. The van der Waals surface area contributed by atoms with Gasteiger partial charge in [0.1, 0.15) is 11.3 Å². The van der Waals surface area contributed by atoms with Gasteiger partial charge < -0.3 is 10.1 Å². The highest BCUT2D eigenvalue weighted by Crippen LogP contribution is 2.35. The number of hydrogen-bond acceptors (Lipinski definition) is 4. The first-order valence-corrected chi connectivity index (χ1v) is 10.0. The maximum absolute atomic E-state index is 13.3. The lowest BCUT2D eigenvalue weighted by Crippen LogP contribution is -2.39. The van der Waals surface area contributed by atoms with E-state index < -0.39 is 11.5 Å². The van der Waals surface area contributed by atoms with Gasteiger partial charge in [0.05, 0.1) is 7.11 Å². The van der Waals surface area contributed by atoms with Crippen molar-refractivity contribution in [2.24, 2.45) is 5.41 Å². The average molecular weight is 396 g/mol. The molecule has 3 rings (SSSR count). The van der Waals surface area contributed by atoms with E-state index in [0.717, 1.165) is 12.8 Å². The minimum absolute atomic E-state index is 0.00345. The normalized spacial score (nSPS) is 15.0. The molecule has 6 heteroatoms. The van der Waals surface area contributed by atoms with Crippen LogP contribution in [0.4, 0.5) is 0 Å². The third-order valence-corrected chi connectivity index (χ3v) is 5.28. The number of Topliss-reactive ketones (excluding diaryl/α,β-unsaturated/α-hetero) is 1. The molecule has 29 heavy (non-hydrogen) atoms. The van der Waals surface area contributed by atoms with Crippen LogP contribution in [0.3, 0.4) is 0 Å². The Labute approximate surface area is 170 Å². The molecule has 2 aromatic rings. The molecule has 0 spiro atoms. The molecule has 0 saturated carbocycles. The minimum Gasteiger partial charge on any atom is -0.497 e. The summed E-state index contributed by atoms with van der Waals surface area (Å²) in [6.07, 6.45) is 2.73. The molecule has 6 nitrogen and oxygen atoms in total. The molecule has 0 atom stereocenters. The van der Waals surface area contributed by atoms with Gasteiger partial charge in [-0.3, -0.25) is 19.0 Å². The van der Waals surface area contributed by atoms with Crippen molar-refractivity contribution in [1.82, 2.24) is 9.88 Å². The molecule has 1 amide bonds. The van der Waals surface area contributed by atoms with E-state index in [-0.39, 0.29) is 16.8 Å². The summed E-state index contributed by atoms with van der Waals surface area (Å²) < 4.78 is 6.73. The van der Waals surface area contributed by atoms with Crippen molar-refractivity contribution in [3.8, 4) is 11.4 Å². The van der Waals surface area contributed by atoms with Crippen LogP contribution in [0.1, 0.15) is 66.4 Å². The van der Waals surface area contributed by atoms with Crippen LogP contribution < -0.4 is 15.6 Å². The Bertz CT molecular complexity index is 987. The highest BCUT2D eigenvalue weighted by Gasteiger charge is 2.35. The van der Waals surface area contributed by atoms with Gasteiger partial charge >= 0.3 is 0 Å². The number of aromatic nitrogens is 1. The number of pyridine rings is 1. The summed E-state index contributed by atoms with van der Waals surface area (Å²) in [6, 6.07) is 8.54. The summed E-state index contributed by atoms with van der Waals surface area (Å²) in [4.78, 5) is 38.9. The van der Waals surface area contributed by atoms with Gasteiger partial charge in [-0.05, 0) is 48.6 Å². The van der Waals surface area contributed by atoms with Crippen molar-refractivity contribution in [1.29, 1.82) is 0 Å². The van der Waals surface area contributed by atoms with Crippen molar-refractivity contribution in [2.75, 3.05) is 13.7 Å². The van der Waals surface area contributed by atoms with E-state index in [9.17, 15) is 14.4 Å². The molecule has 0 bridgehead atoms. The topological polar surface area (TPSA) is 77.4 Å². The fourth-order valence-corrected chi connectivity index (χ4v) is 3.76. The Kier molecular flexibility index (Phi) is 5.91. The maximum Gasteiger partial charge on any atom is 0.268 e. The first-order valence-electron chi connectivity index (χ1n) is 10.0. The number of nitrogens with zero attached hydrogens (tertiary/aromatic N) is 1. The van der Waals surface area contributed by atoms with E-state index in [2.05, 4.69) is 5.32 Å². The molecular weight excluding hydrogens is 368 g/mol. The molecule has 154 valence electrons. The first kappa shape index (κ1) is 20.8. The zero-order valence-electron chi connectivity index (χ0n) is 17.5. The van der Waals surface area contributed by atoms with Crippen LogP contribution in [0.15, 0.2) is 35.1 Å². The van der Waals surface area contributed by atoms with Gasteiger partial charge in [-0.15, -0.1) is 0 Å². The Morgan fingerprint density at radius 1 is 1.17 bits per heavy atom. The highest BCUT2D eigenvalue weighted by atomic mass is 16.5. The smallest absolute Gasteiger partial charge is 0.268 e. The molecule has 0 fully saturated rings. The second kappa shape index (κ2) is 8.23. The lowest BCUT2D eigenvalue weighted by molar-refractivity contribution is 0.0908. The number of rotatable bonds is 6. The van der Waals surface area contributed by atoms with Gasteiger partial charge in [-0.1, -0.05) is 27.2 Å². The number of unbranched alkanes of at least 4 members (excludes halogenated alkanes) is 1. The highest BCUT2D eigenvalue weighted by molar-refractivity contribution is 6.02. The van der Waals surface area contributed by atoms with E-state index in [4.69, 9.17) is 4.74 Å². The van der Waals surface area contributed by atoms with Gasteiger partial charge in [0, 0.05) is 29.9 Å². The SMILES string of the molecule is CCCCNC(=O)c1cc2c(n(-c3ccc(OC)cc3)c1=O)CC(C)(C)CC2=O. The molecule has 1 aromatic heterocycles. The van der Waals surface area contributed by atoms with Crippen LogP contribution in [0, 0.1) is 5.41 Å². The average Bonchev–Trinajstić information content (AvgIpc) is 2.67. The van der Waals surface area contributed by atoms with Crippen LogP contribution in [0.5, 0.6) is 5.75 Å². The van der Waals surface area contributed by atoms with Crippen molar-refractivity contribution in [3.05, 3.63) is 57.5 Å². The molecule has 0 unspecified atom stereocenters. The third-order valence-electron chi connectivity index (χ3n) is 5.28. The molecule has 0 aliphatic heterocycles. The quantitative estimate of drug-likeness (QED) is 0.758. The number of ketones is 1. The summed E-state index contributed by atoms with van der Waals surface area (Å²) in [7, 11) is 1.57. The predicted octanol–water partition coefficient (Wildman–Crippen LogP) is 3.53. The summed E-state index contributed by atoms with van der Waals surface area (Å²) in [5.41, 5.74) is 1.07. The van der Waals surface area contributed by atoms with Crippen molar-refractivity contribution < 1.29 is 14.3 Å². The lowest BCUT2D eigenvalue weighted by Gasteiger charge is -2.32. The minimum atomic E-state index is -0.439. The summed E-state index contributed by atoms with van der Waals surface area (Å²) in [5, 5.41) is 2.79. The standard InChI is InChI=1S/C23H28N2O4/c1-5-6-11-24-21(27)18-12-17-19(13-23(2,3)14-20(17)26)25(22(18)28)15-7-9-16(29-4)10-8-15/h7-10,12H,5-6,11,13-14H2,1-4H3,(H,24,27). The molecule has 1 aliphatic carbocycles. The van der Waals surface area contributed by atoms with Crippen molar-refractivity contribution in [2.45, 2.75) is 46.5 Å². The largest absolute Gasteiger partial charge is 0.497 e.